The molecular formula is C17H27NO4. The third-order valence-electron chi connectivity index (χ3n) is 5.55. The topological polar surface area (TPSA) is 66.8 Å². The summed E-state index contributed by atoms with van der Waals surface area (Å²) in [6.45, 7) is 2.24. The molecule has 2 aliphatic carbocycles. The maximum absolute atomic E-state index is 12.9. The molecule has 1 heterocycles. The molecule has 0 aromatic carbocycles. The van der Waals surface area contributed by atoms with E-state index in [4.69, 9.17) is 9.84 Å². The van der Waals surface area contributed by atoms with Crippen LogP contribution in [-0.4, -0.2) is 46.2 Å². The maximum Gasteiger partial charge on any atom is 0.332 e. The smallest absolute Gasteiger partial charge is 0.332 e. The molecule has 0 radical (unpaired) electrons. The monoisotopic (exact) mass is 309 g/mol. The van der Waals surface area contributed by atoms with Crippen LogP contribution >= 0.6 is 0 Å². The lowest BCUT2D eigenvalue weighted by Gasteiger charge is -2.38. The first-order valence-corrected chi connectivity index (χ1v) is 8.80. The van der Waals surface area contributed by atoms with E-state index in [2.05, 4.69) is 11.8 Å². The number of carboxylic acid groups (broad SMARTS) is 1. The molecule has 0 spiro atoms. The van der Waals surface area contributed by atoms with E-state index in [9.17, 15) is 9.59 Å². The van der Waals surface area contributed by atoms with Gasteiger partial charge in [0.1, 0.15) is 6.10 Å². The number of aliphatic carboxylic acids is 1. The minimum Gasteiger partial charge on any atom is -0.479 e. The highest BCUT2D eigenvalue weighted by atomic mass is 16.5. The first kappa shape index (κ1) is 15.8. The lowest BCUT2D eigenvalue weighted by Crippen LogP contribution is -2.48. The van der Waals surface area contributed by atoms with Gasteiger partial charge in [0.2, 0.25) is 0 Å². The highest BCUT2D eigenvalue weighted by Gasteiger charge is 2.44. The van der Waals surface area contributed by atoms with Gasteiger partial charge in [-0.2, -0.15) is 0 Å². The molecule has 124 valence electrons. The molecule has 0 aromatic rings. The second-order valence-electron chi connectivity index (χ2n) is 7.09. The summed E-state index contributed by atoms with van der Waals surface area (Å²) in [6.07, 6.45) is 7.68. The number of ether oxygens (including phenoxy) is 1. The zero-order valence-corrected chi connectivity index (χ0v) is 13.4. The molecule has 1 aliphatic heterocycles. The molecule has 5 nitrogen and oxygen atoms in total. The molecule has 2 atom stereocenters. The van der Waals surface area contributed by atoms with Crippen LogP contribution < -0.4 is 0 Å². The molecule has 2 saturated carbocycles. The van der Waals surface area contributed by atoms with Crippen molar-refractivity contribution in [1.29, 1.82) is 0 Å². The van der Waals surface area contributed by atoms with Gasteiger partial charge in [-0.3, -0.25) is 4.79 Å². The van der Waals surface area contributed by atoms with Crippen LogP contribution in [0.1, 0.15) is 64.7 Å². The quantitative estimate of drug-likeness (QED) is 0.847. The minimum atomic E-state index is -0.947. The van der Waals surface area contributed by atoms with Gasteiger partial charge in [0.25, 0.3) is 5.91 Å². The summed E-state index contributed by atoms with van der Waals surface area (Å²) in [5.41, 5.74) is 0. The minimum absolute atomic E-state index is 0.0474. The first-order valence-electron chi connectivity index (χ1n) is 8.80. The number of nitrogens with zero attached hydrogens (tertiary/aromatic N) is 1. The Labute approximate surface area is 132 Å². The van der Waals surface area contributed by atoms with E-state index < -0.39 is 18.2 Å². The van der Waals surface area contributed by atoms with Crippen molar-refractivity contribution in [3.8, 4) is 0 Å². The van der Waals surface area contributed by atoms with E-state index in [1.807, 2.05) is 0 Å². The van der Waals surface area contributed by atoms with E-state index in [1.165, 1.54) is 19.3 Å². The summed E-state index contributed by atoms with van der Waals surface area (Å²) in [6, 6.07) is 0.721. The van der Waals surface area contributed by atoms with Gasteiger partial charge in [0, 0.05) is 12.1 Å². The van der Waals surface area contributed by atoms with Gasteiger partial charge >= 0.3 is 5.97 Å². The number of hydrogen-bond acceptors (Lipinski definition) is 3. The normalized spacial score (nSPS) is 35.3. The summed E-state index contributed by atoms with van der Waals surface area (Å²) < 4.78 is 5.49. The van der Waals surface area contributed by atoms with Gasteiger partial charge < -0.3 is 14.7 Å². The third kappa shape index (κ3) is 3.29. The number of hydrogen-bond donors (Lipinski definition) is 1. The van der Waals surface area contributed by atoms with Crippen molar-refractivity contribution >= 4 is 11.9 Å². The highest BCUT2D eigenvalue weighted by Crippen LogP contribution is 2.37. The SMILES string of the molecule is CCC1CCC(N(C(=O)[C@@H]2CC[C@H](C(=O)O)O2)C2CC2)CC1. The van der Waals surface area contributed by atoms with Crippen molar-refractivity contribution in [2.75, 3.05) is 0 Å². The second kappa shape index (κ2) is 6.57. The van der Waals surface area contributed by atoms with Crippen LogP contribution in [-0.2, 0) is 14.3 Å². The second-order valence-corrected chi connectivity index (χ2v) is 7.09. The van der Waals surface area contributed by atoms with Gasteiger partial charge in [0.05, 0.1) is 0 Å². The van der Waals surface area contributed by atoms with Gasteiger partial charge in [-0.05, 0) is 57.3 Å². The Kier molecular flexibility index (Phi) is 4.71. The molecule has 0 bridgehead atoms. The van der Waals surface area contributed by atoms with E-state index in [0.717, 1.165) is 31.6 Å². The molecule has 5 heteroatoms. The predicted octanol–water partition coefficient (Wildman–Crippen LogP) is 2.58. The first-order chi connectivity index (χ1) is 10.6. The van der Waals surface area contributed by atoms with Crippen molar-refractivity contribution in [1.82, 2.24) is 4.90 Å². The molecule has 0 aromatic heterocycles. The van der Waals surface area contributed by atoms with Crippen molar-refractivity contribution in [2.45, 2.75) is 89.0 Å². The van der Waals surface area contributed by atoms with Crippen LogP contribution in [0.3, 0.4) is 0 Å². The lowest BCUT2D eigenvalue weighted by atomic mass is 9.83. The Balaban J connectivity index is 1.62. The summed E-state index contributed by atoms with van der Waals surface area (Å²) in [5.74, 6) is -0.0885. The van der Waals surface area contributed by atoms with E-state index in [0.29, 0.717) is 24.9 Å². The Morgan fingerprint density at radius 2 is 1.50 bits per heavy atom. The molecule has 1 N–H and O–H groups in total. The molecule has 3 rings (SSSR count). The fourth-order valence-corrected chi connectivity index (χ4v) is 4.01. The molecule has 0 unspecified atom stereocenters. The van der Waals surface area contributed by atoms with Crippen LogP contribution in [0.2, 0.25) is 0 Å². The zero-order chi connectivity index (χ0) is 15.7. The Hall–Kier alpha value is -1.10. The number of carboxylic acids is 1. The number of carbonyl (C=O) groups is 2. The zero-order valence-electron chi connectivity index (χ0n) is 13.4. The largest absolute Gasteiger partial charge is 0.479 e. The fraction of sp³-hybridized carbons (Fsp3) is 0.882. The van der Waals surface area contributed by atoms with E-state index in [-0.39, 0.29) is 5.91 Å². The average Bonchev–Trinajstić information content (AvgIpc) is 3.22. The summed E-state index contributed by atoms with van der Waals surface area (Å²) in [7, 11) is 0. The molecular weight excluding hydrogens is 282 g/mol. The van der Waals surface area contributed by atoms with Crippen LogP contribution in [0.5, 0.6) is 0 Å². The fourth-order valence-electron chi connectivity index (χ4n) is 4.01. The summed E-state index contributed by atoms with van der Waals surface area (Å²) in [5, 5.41) is 9.03. The maximum atomic E-state index is 12.9. The molecule has 1 saturated heterocycles. The van der Waals surface area contributed by atoms with Gasteiger partial charge in [-0.1, -0.05) is 13.3 Å². The van der Waals surface area contributed by atoms with Crippen molar-refractivity contribution in [3.63, 3.8) is 0 Å². The number of amides is 1. The van der Waals surface area contributed by atoms with Gasteiger partial charge in [0.15, 0.2) is 6.10 Å². The summed E-state index contributed by atoms with van der Waals surface area (Å²) >= 11 is 0. The highest BCUT2D eigenvalue weighted by molar-refractivity contribution is 5.83. The average molecular weight is 309 g/mol. The lowest BCUT2D eigenvalue weighted by molar-refractivity contribution is -0.156. The van der Waals surface area contributed by atoms with E-state index >= 15 is 0 Å². The van der Waals surface area contributed by atoms with Crippen molar-refractivity contribution < 1.29 is 19.4 Å². The van der Waals surface area contributed by atoms with Crippen LogP contribution in [0.15, 0.2) is 0 Å². The summed E-state index contributed by atoms with van der Waals surface area (Å²) in [4.78, 5) is 25.9. The molecule has 1 amide bonds. The van der Waals surface area contributed by atoms with Crippen LogP contribution in [0.25, 0.3) is 0 Å². The van der Waals surface area contributed by atoms with Crippen LogP contribution in [0.4, 0.5) is 0 Å². The Morgan fingerprint density at radius 3 is 1.95 bits per heavy atom. The molecule has 3 aliphatic rings. The van der Waals surface area contributed by atoms with E-state index in [1.54, 1.807) is 0 Å². The number of carbonyl (C=O) groups excluding carboxylic acids is 1. The standard InChI is InChI=1S/C17H27NO4/c1-2-11-3-5-12(6-4-11)18(13-7-8-13)16(19)14-9-10-15(22-14)17(20)21/h11-15H,2-10H2,1H3,(H,20,21)/t11?,12?,14-,15+/m0/s1. The molecule has 3 fully saturated rings. The number of rotatable bonds is 5. The predicted molar refractivity (Wildman–Crippen MR) is 81.4 cm³/mol. The third-order valence-corrected chi connectivity index (χ3v) is 5.55. The Bertz CT molecular complexity index is 426. The van der Waals surface area contributed by atoms with Crippen molar-refractivity contribution in [2.24, 2.45) is 5.92 Å². The van der Waals surface area contributed by atoms with Gasteiger partial charge in [-0.15, -0.1) is 0 Å². The van der Waals surface area contributed by atoms with Gasteiger partial charge in [-0.25, -0.2) is 4.79 Å². The Morgan fingerprint density at radius 1 is 0.955 bits per heavy atom. The van der Waals surface area contributed by atoms with Crippen molar-refractivity contribution in [3.05, 3.63) is 0 Å². The molecule has 22 heavy (non-hydrogen) atoms. The van der Waals surface area contributed by atoms with Crippen LogP contribution in [0, 0.1) is 5.92 Å².